The molecule has 0 bridgehead atoms. The molecule has 15 heteroatoms. The third-order valence-electron chi connectivity index (χ3n) is 12.8. The van der Waals surface area contributed by atoms with Gasteiger partial charge in [-0.1, -0.05) is 19.1 Å². The number of pyridine rings is 1. The third-order valence-corrected chi connectivity index (χ3v) is 15.1. The molecule has 0 radical (unpaired) electrons. The second-order valence-electron chi connectivity index (χ2n) is 16.6. The predicted molar refractivity (Wildman–Crippen MR) is 239 cm³/mol. The molecule has 4 aromatic heterocycles. The van der Waals surface area contributed by atoms with Gasteiger partial charge in [-0.15, -0.1) is 0 Å². The number of carbonyl (C=O) groups is 1. The number of hydrogen-bond acceptors (Lipinski definition) is 7. The van der Waals surface area contributed by atoms with Gasteiger partial charge >= 0.3 is 5.69 Å². The number of aryl methyl sites for hydroxylation is 3. The van der Waals surface area contributed by atoms with Gasteiger partial charge < -0.3 is 14.2 Å². The smallest absolute Gasteiger partial charge is 0.338 e. The molecule has 7 aromatic rings. The summed E-state index contributed by atoms with van der Waals surface area (Å²) in [6.07, 6.45) is 7.12. The van der Waals surface area contributed by atoms with Crippen molar-refractivity contribution in [2.75, 3.05) is 32.6 Å². The lowest BCUT2D eigenvalue weighted by atomic mass is 9.91. The van der Waals surface area contributed by atoms with Crippen molar-refractivity contribution in [3.63, 3.8) is 0 Å². The minimum absolute atomic E-state index is 0.0358. The number of ether oxygens (including phenoxy) is 1. The molecule has 2 aliphatic heterocycles. The molecule has 2 aliphatic rings. The van der Waals surface area contributed by atoms with Crippen LogP contribution in [-0.4, -0.2) is 76.0 Å². The highest BCUT2D eigenvalue weighted by Crippen LogP contribution is 2.38. The van der Waals surface area contributed by atoms with Crippen molar-refractivity contribution in [3.8, 4) is 17.2 Å². The van der Waals surface area contributed by atoms with Gasteiger partial charge in [0, 0.05) is 86.3 Å². The lowest BCUT2D eigenvalue weighted by molar-refractivity contribution is 0.0667. The maximum atomic E-state index is 15.9. The average Bonchev–Trinajstić information content (AvgIpc) is 3.98. The van der Waals surface area contributed by atoms with Crippen LogP contribution < -0.4 is 5.69 Å². The van der Waals surface area contributed by atoms with Gasteiger partial charge in [-0.05, 0) is 123 Å². The zero-order chi connectivity index (χ0) is 44.3. The second kappa shape index (κ2) is 16.5. The number of imidazole rings is 1. The van der Waals surface area contributed by atoms with Crippen molar-refractivity contribution in [1.29, 1.82) is 0 Å². The fourth-order valence-corrected chi connectivity index (χ4v) is 10.6. The highest BCUT2D eigenvalue weighted by molar-refractivity contribution is 7.93. The number of halogens is 2. The van der Waals surface area contributed by atoms with Crippen LogP contribution in [0.4, 0.5) is 8.78 Å². The molecule has 0 N–H and O–H groups in total. The molecule has 6 heterocycles. The van der Waals surface area contributed by atoms with Crippen LogP contribution in [-0.2, 0) is 27.4 Å². The molecule has 326 valence electrons. The van der Waals surface area contributed by atoms with Crippen molar-refractivity contribution in [1.82, 2.24) is 33.4 Å². The van der Waals surface area contributed by atoms with Crippen molar-refractivity contribution in [3.05, 3.63) is 152 Å². The van der Waals surface area contributed by atoms with Crippen molar-refractivity contribution in [2.45, 2.75) is 77.3 Å². The average molecular weight is 873 g/mol. The van der Waals surface area contributed by atoms with Crippen molar-refractivity contribution < 1.29 is 22.5 Å². The zero-order valence-corrected chi connectivity index (χ0v) is 37.1. The predicted octanol–water partition coefficient (Wildman–Crippen LogP) is 8.55. The molecular weight excluding hydrogens is 823 g/mol. The quantitative estimate of drug-likeness (QED) is 0.143. The van der Waals surface area contributed by atoms with E-state index in [9.17, 15) is 9.00 Å². The Morgan fingerprint density at radius 1 is 0.952 bits per heavy atom. The Morgan fingerprint density at radius 2 is 1.70 bits per heavy atom. The van der Waals surface area contributed by atoms with E-state index >= 15 is 13.6 Å². The Labute approximate surface area is 364 Å². The van der Waals surface area contributed by atoms with E-state index in [2.05, 4.69) is 32.1 Å². The van der Waals surface area contributed by atoms with E-state index < -0.39 is 27.3 Å². The normalized spacial score (nSPS) is 16.6. The van der Waals surface area contributed by atoms with Crippen LogP contribution in [0.3, 0.4) is 0 Å². The van der Waals surface area contributed by atoms with Gasteiger partial charge in [0.2, 0.25) is 0 Å². The van der Waals surface area contributed by atoms with Gasteiger partial charge in [-0.25, -0.2) is 26.8 Å². The van der Waals surface area contributed by atoms with Crippen LogP contribution in [0.15, 0.2) is 99.4 Å². The lowest BCUT2D eigenvalue weighted by Crippen LogP contribution is -2.40. The minimum Gasteiger partial charge on any atom is -0.381 e. The van der Waals surface area contributed by atoms with E-state index in [0.717, 1.165) is 48.2 Å². The van der Waals surface area contributed by atoms with Gasteiger partial charge in [0.05, 0.1) is 37.7 Å². The molecule has 1 amide bonds. The van der Waals surface area contributed by atoms with E-state index in [1.54, 1.807) is 43.8 Å². The van der Waals surface area contributed by atoms with E-state index in [1.165, 1.54) is 46.1 Å². The summed E-state index contributed by atoms with van der Waals surface area (Å²) in [5.74, 6) is -0.325. The number of nitrogens with zero attached hydrogens (tertiary/aromatic N) is 8. The molecule has 0 aliphatic carbocycles. The van der Waals surface area contributed by atoms with E-state index in [0.29, 0.717) is 65.0 Å². The van der Waals surface area contributed by atoms with Crippen LogP contribution >= 0.6 is 0 Å². The number of rotatable bonds is 9. The maximum absolute atomic E-state index is 15.9. The topological polar surface area (TPSA) is 122 Å². The van der Waals surface area contributed by atoms with Crippen LogP contribution in [0, 0.1) is 32.4 Å². The van der Waals surface area contributed by atoms with Gasteiger partial charge in [0.25, 0.3) is 5.91 Å². The number of fused-ring (bicyclic) bond motifs is 2. The number of benzene rings is 3. The number of carbonyl (C=O) groups excluding carboxylic acids is 1. The van der Waals surface area contributed by atoms with Gasteiger partial charge in [0.15, 0.2) is 0 Å². The summed E-state index contributed by atoms with van der Waals surface area (Å²) in [5, 5.41) is 6.01. The minimum atomic E-state index is -2.82. The Kier molecular flexibility index (Phi) is 11.0. The summed E-state index contributed by atoms with van der Waals surface area (Å²) in [4.78, 5) is 36.4. The summed E-state index contributed by atoms with van der Waals surface area (Å²) >= 11 is 0. The lowest BCUT2D eigenvalue weighted by Gasteiger charge is -2.34. The number of aromatic nitrogens is 6. The largest absolute Gasteiger partial charge is 0.381 e. The molecular formula is C48H50F2N8O4S. The summed E-state index contributed by atoms with van der Waals surface area (Å²) < 4.78 is 60.2. The molecule has 1 saturated heterocycles. The molecule has 0 spiro atoms. The first-order valence-corrected chi connectivity index (χ1v) is 23.0. The van der Waals surface area contributed by atoms with Gasteiger partial charge in [-0.2, -0.15) is 5.10 Å². The van der Waals surface area contributed by atoms with Crippen LogP contribution in [0.25, 0.3) is 28.1 Å². The van der Waals surface area contributed by atoms with Gasteiger partial charge in [-0.3, -0.25) is 18.9 Å². The van der Waals surface area contributed by atoms with E-state index in [-0.39, 0.29) is 28.1 Å². The standard InChI is InChI=1S/C48H50F2N8O4S/c1-7-63(61,51-6)38-11-13-42(39(49)26-38)55-18-19-56(48(55)60)46-44-32(5)54(17-14-40(44)53-58(46)37-22-29(2)45(50)30(3)23-37)47(59)43-25-36-24-35(34-15-20-62-21-16-34)10-12-41(36)57(43)28-33-9-8-31(4)52-27-33/h8-13,18-19,22-27,32,34H,7,14-17,20-21,28H2,1-6H3/t32-,63+/m0/s1. The van der Waals surface area contributed by atoms with E-state index in [4.69, 9.17) is 9.84 Å². The first-order valence-electron chi connectivity index (χ1n) is 21.4. The summed E-state index contributed by atoms with van der Waals surface area (Å²) in [7, 11) is -1.38. The van der Waals surface area contributed by atoms with Crippen molar-refractivity contribution in [2.24, 2.45) is 4.36 Å². The first-order chi connectivity index (χ1) is 30.3. The highest BCUT2D eigenvalue weighted by atomic mass is 32.2. The number of hydrogen-bond donors (Lipinski definition) is 0. The van der Waals surface area contributed by atoms with E-state index in [1.807, 2.05) is 43.1 Å². The molecule has 0 unspecified atom stereocenters. The molecule has 12 nitrogen and oxygen atoms in total. The zero-order valence-electron chi connectivity index (χ0n) is 36.3. The summed E-state index contributed by atoms with van der Waals surface area (Å²) in [6.45, 7) is 11.2. The van der Waals surface area contributed by atoms with Crippen molar-refractivity contribution >= 4 is 26.5 Å². The number of amides is 1. The molecule has 9 rings (SSSR count). The monoisotopic (exact) mass is 872 g/mol. The Bertz CT molecular complexity index is 3090. The SMILES string of the molecule is CC[S@](=O)(=NC)c1ccc(-n2ccn(-c3c4c(nn3-c3cc(C)c(F)c(C)c3)CCN(C(=O)c3cc5cc(C6CCOCC6)ccc5n3Cc3ccc(C)nc3)[C@H]4C)c2=O)c(F)c1. The fraction of sp³-hybridized carbons (Fsp3) is 0.333. The van der Waals surface area contributed by atoms with Crippen LogP contribution in [0.1, 0.15) is 88.3 Å². The summed E-state index contributed by atoms with van der Waals surface area (Å²) in [5.41, 5.74) is 6.57. The third kappa shape index (κ3) is 7.40. The molecule has 1 fully saturated rings. The Hall–Kier alpha value is -6.19. The molecule has 2 atom stereocenters. The molecule has 63 heavy (non-hydrogen) atoms. The van der Waals surface area contributed by atoms with Crippen LogP contribution in [0.2, 0.25) is 0 Å². The molecule has 3 aromatic carbocycles. The Balaban J connectivity index is 1.16. The highest BCUT2D eigenvalue weighted by Gasteiger charge is 2.37. The second-order valence-corrected chi connectivity index (χ2v) is 19.3. The molecule has 0 saturated carbocycles. The van der Waals surface area contributed by atoms with Crippen LogP contribution in [0.5, 0.6) is 0 Å². The van der Waals surface area contributed by atoms with Gasteiger partial charge in [0.1, 0.15) is 23.1 Å². The Morgan fingerprint density at radius 3 is 2.38 bits per heavy atom. The summed E-state index contributed by atoms with van der Waals surface area (Å²) in [6, 6.07) is 19.4. The maximum Gasteiger partial charge on any atom is 0.338 e. The fourth-order valence-electron chi connectivity index (χ4n) is 9.24. The first kappa shape index (κ1) is 42.1.